The van der Waals surface area contributed by atoms with Gasteiger partial charge in [0.15, 0.2) is 5.82 Å². The fourth-order valence-electron chi connectivity index (χ4n) is 1.47. The second-order valence-corrected chi connectivity index (χ2v) is 3.64. The first-order valence-electron chi connectivity index (χ1n) is 5.53. The van der Waals surface area contributed by atoms with Gasteiger partial charge in [0.05, 0.1) is 5.69 Å². The highest BCUT2D eigenvalue weighted by Crippen LogP contribution is 2.20. The van der Waals surface area contributed by atoms with E-state index in [1.165, 1.54) is 0 Å². The number of ether oxygens (including phenoxy) is 1. The second-order valence-electron chi connectivity index (χ2n) is 3.64. The van der Waals surface area contributed by atoms with E-state index in [-0.39, 0.29) is 0 Å². The zero-order chi connectivity index (χ0) is 12.1. The largest absolute Gasteiger partial charge is 0.483 e. The molecule has 2 aromatic rings. The van der Waals surface area contributed by atoms with Gasteiger partial charge in [-0.25, -0.2) is 4.68 Å². The van der Waals surface area contributed by atoms with Gasteiger partial charge in [-0.15, -0.1) is 5.10 Å². The number of rotatable bonds is 5. The third kappa shape index (κ3) is 2.72. The number of nitrogen functional groups attached to an aromatic ring is 1. The summed E-state index contributed by atoms with van der Waals surface area (Å²) in [6, 6.07) is 7.36. The van der Waals surface area contributed by atoms with Crippen LogP contribution < -0.4 is 10.5 Å². The monoisotopic (exact) mass is 233 g/mol. The molecule has 0 aliphatic rings. The lowest BCUT2D eigenvalue weighted by Gasteiger charge is -2.08. The van der Waals surface area contributed by atoms with Crippen LogP contribution in [0.2, 0.25) is 0 Å². The van der Waals surface area contributed by atoms with Crippen LogP contribution in [0, 0.1) is 0 Å². The lowest BCUT2D eigenvalue weighted by Crippen LogP contribution is -2.09. The van der Waals surface area contributed by atoms with E-state index in [0.717, 1.165) is 13.0 Å². The van der Waals surface area contributed by atoms with Gasteiger partial charge in [0.2, 0.25) is 0 Å². The molecule has 17 heavy (non-hydrogen) atoms. The second kappa shape index (κ2) is 5.29. The topological polar surface area (TPSA) is 78.8 Å². The average molecular weight is 233 g/mol. The van der Waals surface area contributed by atoms with E-state index < -0.39 is 0 Å². The van der Waals surface area contributed by atoms with Gasteiger partial charge >= 0.3 is 0 Å². The number of nitrogens with zero attached hydrogens (tertiary/aromatic N) is 4. The van der Waals surface area contributed by atoms with E-state index in [0.29, 0.717) is 23.9 Å². The highest BCUT2D eigenvalue weighted by Gasteiger charge is 2.06. The van der Waals surface area contributed by atoms with Gasteiger partial charge in [-0.05, 0) is 29.0 Å². The molecule has 6 heteroatoms. The molecule has 1 heterocycles. The van der Waals surface area contributed by atoms with Crippen molar-refractivity contribution in [3.05, 3.63) is 30.1 Å². The van der Waals surface area contributed by atoms with E-state index >= 15 is 0 Å². The van der Waals surface area contributed by atoms with Crippen molar-refractivity contribution in [3.8, 4) is 5.75 Å². The third-order valence-corrected chi connectivity index (χ3v) is 2.32. The molecular formula is C11H15N5O. The Hall–Kier alpha value is -2.11. The predicted molar refractivity (Wildman–Crippen MR) is 63.3 cm³/mol. The van der Waals surface area contributed by atoms with Crippen LogP contribution in [0.4, 0.5) is 5.69 Å². The van der Waals surface area contributed by atoms with Gasteiger partial charge < -0.3 is 10.5 Å². The van der Waals surface area contributed by atoms with Gasteiger partial charge in [-0.1, -0.05) is 19.1 Å². The molecule has 0 saturated heterocycles. The molecule has 0 aliphatic carbocycles. The SMILES string of the molecule is CCCn1nnnc1COc1ccccc1N. The Morgan fingerprint density at radius 1 is 1.35 bits per heavy atom. The van der Waals surface area contributed by atoms with Gasteiger partial charge in [-0.3, -0.25) is 0 Å². The summed E-state index contributed by atoms with van der Waals surface area (Å²) in [6.45, 7) is 3.18. The summed E-state index contributed by atoms with van der Waals surface area (Å²) in [6.07, 6.45) is 0.978. The lowest BCUT2D eigenvalue weighted by molar-refractivity contribution is 0.287. The molecular weight excluding hydrogens is 218 g/mol. The Kier molecular flexibility index (Phi) is 3.54. The molecule has 0 atom stereocenters. The van der Waals surface area contributed by atoms with Crippen LogP contribution in [0.25, 0.3) is 0 Å². The van der Waals surface area contributed by atoms with E-state index in [9.17, 15) is 0 Å². The smallest absolute Gasteiger partial charge is 0.189 e. The molecule has 0 radical (unpaired) electrons. The normalized spacial score (nSPS) is 10.4. The van der Waals surface area contributed by atoms with Crippen molar-refractivity contribution in [1.29, 1.82) is 0 Å². The standard InChI is InChI=1S/C11H15N5O/c1-2-7-16-11(13-14-15-16)8-17-10-6-4-3-5-9(10)12/h3-6H,2,7-8,12H2,1H3. The summed E-state index contributed by atoms with van der Waals surface area (Å²) in [5.41, 5.74) is 6.39. The Labute approximate surface area is 99.4 Å². The van der Waals surface area contributed by atoms with Crippen molar-refractivity contribution < 1.29 is 4.74 Å². The van der Waals surface area contributed by atoms with Crippen molar-refractivity contribution in [2.45, 2.75) is 26.5 Å². The molecule has 0 saturated carbocycles. The summed E-state index contributed by atoms with van der Waals surface area (Å²) < 4.78 is 7.32. The maximum Gasteiger partial charge on any atom is 0.189 e. The van der Waals surface area contributed by atoms with Crippen molar-refractivity contribution in [1.82, 2.24) is 20.2 Å². The van der Waals surface area contributed by atoms with Gasteiger partial charge in [0.1, 0.15) is 12.4 Å². The van der Waals surface area contributed by atoms with Crippen LogP contribution in [-0.4, -0.2) is 20.2 Å². The quantitative estimate of drug-likeness (QED) is 0.786. The first-order valence-corrected chi connectivity index (χ1v) is 5.53. The van der Waals surface area contributed by atoms with Crippen LogP contribution >= 0.6 is 0 Å². The Morgan fingerprint density at radius 2 is 2.18 bits per heavy atom. The van der Waals surface area contributed by atoms with Crippen LogP contribution in [0.15, 0.2) is 24.3 Å². The fraction of sp³-hybridized carbons (Fsp3) is 0.364. The fourth-order valence-corrected chi connectivity index (χ4v) is 1.47. The van der Waals surface area contributed by atoms with Crippen molar-refractivity contribution >= 4 is 5.69 Å². The van der Waals surface area contributed by atoms with Crippen LogP contribution in [0.3, 0.4) is 0 Å². The molecule has 0 spiro atoms. The molecule has 6 nitrogen and oxygen atoms in total. The number of aryl methyl sites for hydroxylation is 1. The molecule has 1 aromatic carbocycles. The van der Waals surface area contributed by atoms with Crippen molar-refractivity contribution in [3.63, 3.8) is 0 Å². The summed E-state index contributed by atoms with van der Waals surface area (Å²) in [7, 11) is 0. The number of nitrogens with two attached hydrogens (primary N) is 1. The molecule has 0 amide bonds. The van der Waals surface area contributed by atoms with E-state index in [1.54, 1.807) is 10.7 Å². The number of tetrazole rings is 1. The average Bonchev–Trinajstić information content (AvgIpc) is 2.76. The zero-order valence-corrected chi connectivity index (χ0v) is 9.71. The first-order chi connectivity index (χ1) is 8.31. The van der Waals surface area contributed by atoms with E-state index in [2.05, 4.69) is 22.4 Å². The molecule has 2 rings (SSSR count). The predicted octanol–water partition coefficient (Wildman–Crippen LogP) is 1.24. The molecule has 2 N–H and O–H groups in total. The van der Waals surface area contributed by atoms with Gasteiger partial charge in [0, 0.05) is 6.54 Å². The highest BCUT2D eigenvalue weighted by atomic mass is 16.5. The van der Waals surface area contributed by atoms with Crippen molar-refractivity contribution in [2.24, 2.45) is 0 Å². The third-order valence-electron chi connectivity index (χ3n) is 2.32. The summed E-state index contributed by atoms with van der Waals surface area (Å²) in [5.74, 6) is 1.36. The van der Waals surface area contributed by atoms with Gasteiger partial charge in [0.25, 0.3) is 0 Å². The minimum atomic E-state index is 0.321. The Morgan fingerprint density at radius 3 is 2.94 bits per heavy atom. The summed E-state index contributed by atoms with van der Waals surface area (Å²) in [5, 5.41) is 11.4. The molecule has 0 unspecified atom stereocenters. The number of benzene rings is 1. The van der Waals surface area contributed by atoms with Crippen LogP contribution in [0.1, 0.15) is 19.2 Å². The summed E-state index contributed by atoms with van der Waals surface area (Å²) >= 11 is 0. The maximum atomic E-state index is 5.77. The first kappa shape index (κ1) is 11.4. The Bertz CT molecular complexity index is 482. The van der Waals surface area contributed by atoms with Crippen LogP contribution in [-0.2, 0) is 13.2 Å². The number of anilines is 1. The number of hydrogen-bond donors (Lipinski definition) is 1. The van der Waals surface area contributed by atoms with Crippen molar-refractivity contribution in [2.75, 3.05) is 5.73 Å². The molecule has 0 fully saturated rings. The molecule has 0 aliphatic heterocycles. The lowest BCUT2D eigenvalue weighted by atomic mass is 10.3. The maximum absolute atomic E-state index is 5.77. The van der Waals surface area contributed by atoms with Gasteiger partial charge in [-0.2, -0.15) is 0 Å². The zero-order valence-electron chi connectivity index (χ0n) is 9.71. The highest BCUT2D eigenvalue weighted by molar-refractivity contribution is 5.51. The molecule has 0 bridgehead atoms. The van der Waals surface area contributed by atoms with Crippen LogP contribution in [0.5, 0.6) is 5.75 Å². The number of hydrogen-bond acceptors (Lipinski definition) is 5. The van der Waals surface area contributed by atoms with E-state index in [1.807, 2.05) is 18.2 Å². The Balaban J connectivity index is 2.02. The summed E-state index contributed by atoms with van der Waals surface area (Å²) in [4.78, 5) is 0. The molecule has 1 aromatic heterocycles. The number of aromatic nitrogens is 4. The van der Waals surface area contributed by atoms with E-state index in [4.69, 9.17) is 10.5 Å². The molecule has 90 valence electrons. The minimum Gasteiger partial charge on any atom is -0.483 e. The minimum absolute atomic E-state index is 0.321. The number of para-hydroxylation sites is 2.